The van der Waals surface area contributed by atoms with Gasteiger partial charge in [0.25, 0.3) is 0 Å². The molecule has 0 fully saturated rings. The number of halogens is 2. The molecule has 11 heavy (non-hydrogen) atoms. The van der Waals surface area contributed by atoms with Crippen molar-refractivity contribution in [2.24, 2.45) is 9.98 Å². The summed E-state index contributed by atoms with van der Waals surface area (Å²) < 4.78 is 25.0. The fraction of sp³-hybridized carbons (Fsp3) is 0.143. The highest BCUT2D eigenvalue weighted by atomic mass is 19.2. The molecule has 1 aromatic carbocycles. The molecule has 0 saturated heterocycles. The highest BCUT2D eigenvalue weighted by Gasteiger charge is 2.04. The molecule has 2 rings (SSSR count). The van der Waals surface area contributed by atoms with Crippen LogP contribution in [-0.2, 0) is 0 Å². The highest BCUT2D eigenvalue weighted by Crippen LogP contribution is 1.97. The second-order valence-electron chi connectivity index (χ2n) is 2.21. The molecule has 1 heterocycles. The number of rotatable bonds is 0. The number of fused-ring (bicyclic) bond motifs is 1. The zero-order valence-corrected chi connectivity index (χ0v) is 5.51. The van der Waals surface area contributed by atoms with Crippen LogP contribution in [0.25, 0.3) is 0 Å². The number of benzene rings is 1. The predicted octanol–water partition coefficient (Wildman–Crippen LogP) is 0.175. The maximum Gasteiger partial charge on any atom is 0.161 e. The summed E-state index contributed by atoms with van der Waals surface area (Å²) in [4.78, 5) is 7.66. The first-order valence-corrected chi connectivity index (χ1v) is 3.11. The minimum Gasteiger partial charge on any atom is -0.260 e. The Bertz CT molecular complexity index is 372. The van der Waals surface area contributed by atoms with Crippen LogP contribution in [-0.4, -0.2) is 6.67 Å². The normalized spacial score (nSPS) is 13.6. The summed E-state index contributed by atoms with van der Waals surface area (Å²) >= 11 is 0. The number of nitrogens with zero attached hydrogens (tertiary/aromatic N) is 2. The summed E-state index contributed by atoms with van der Waals surface area (Å²) in [7, 11) is 0. The quantitative estimate of drug-likeness (QED) is 0.509. The summed E-state index contributed by atoms with van der Waals surface area (Å²) in [6, 6.07) is 2.11. The van der Waals surface area contributed by atoms with Gasteiger partial charge in [-0.05, 0) is 0 Å². The van der Waals surface area contributed by atoms with E-state index in [0.717, 1.165) is 12.1 Å². The molecule has 1 aliphatic heterocycles. The molecule has 0 unspecified atom stereocenters. The molecule has 0 atom stereocenters. The average Bonchev–Trinajstić information content (AvgIpc) is 2.36. The molecule has 1 aliphatic rings. The molecular weight excluding hydrogens is 150 g/mol. The van der Waals surface area contributed by atoms with Gasteiger partial charge >= 0.3 is 0 Å². The minimum atomic E-state index is -0.871. The maximum atomic E-state index is 12.5. The van der Waals surface area contributed by atoms with E-state index in [1.165, 1.54) is 0 Å². The molecule has 0 aliphatic carbocycles. The summed E-state index contributed by atoms with van der Waals surface area (Å²) in [6.07, 6.45) is 0. The van der Waals surface area contributed by atoms with Crippen LogP contribution in [0.2, 0.25) is 0 Å². The Hall–Kier alpha value is -1.32. The Kier molecular flexibility index (Phi) is 1.21. The van der Waals surface area contributed by atoms with Gasteiger partial charge in [-0.3, -0.25) is 9.98 Å². The van der Waals surface area contributed by atoms with Gasteiger partial charge in [-0.25, -0.2) is 8.78 Å². The van der Waals surface area contributed by atoms with Crippen LogP contribution in [0.4, 0.5) is 8.78 Å². The summed E-state index contributed by atoms with van der Waals surface area (Å²) in [5.74, 6) is -1.74. The van der Waals surface area contributed by atoms with E-state index in [0.29, 0.717) is 10.7 Å². The standard InChI is InChI=1S/C7H4F2N2/c8-4-1-6-7(2-5(4)9)11-3-10-6/h1-2H,3H2. The molecule has 0 N–H and O–H groups in total. The lowest BCUT2D eigenvalue weighted by Gasteiger charge is -1.87. The average molecular weight is 154 g/mol. The lowest BCUT2D eigenvalue weighted by molar-refractivity contribution is 0.506. The summed E-state index contributed by atoms with van der Waals surface area (Å²) in [5.41, 5.74) is 0. The van der Waals surface area contributed by atoms with Crippen LogP contribution in [0, 0.1) is 11.6 Å². The van der Waals surface area contributed by atoms with Crippen molar-refractivity contribution in [1.82, 2.24) is 0 Å². The molecule has 4 heteroatoms. The van der Waals surface area contributed by atoms with E-state index in [4.69, 9.17) is 0 Å². The molecule has 0 radical (unpaired) electrons. The van der Waals surface area contributed by atoms with Gasteiger partial charge < -0.3 is 0 Å². The topological polar surface area (TPSA) is 24.7 Å². The van der Waals surface area contributed by atoms with E-state index in [1.807, 2.05) is 0 Å². The van der Waals surface area contributed by atoms with Gasteiger partial charge in [-0.15, -0.1) is 0 Å². The maximum absolute atomic E-state index is 12.5. The van der Waals surface area contributed by atoms with Crippen LogP contribution in [0.1, 0.15) is 0 Å². The molecule has 0 amide bonds. The highest BCUT2D eigenvalue weighted by molar-refractivity contribution is 5.07. The lowest BCUT2D eigenvalue weighted by Crippen LogP contribution is -2.23. The van der Waals surface area contributed by atoms with Crippen molar-refractivity contribution in [1.29, 1.82) is 0 Å². The third-order valence-electron chi connectivity index (χ3n) is 1.50. The van der Waals surface area contributed by atoms with Crippen molar-refractivity contribution in [3.05, 3.63) is 34.5 Å². The fourth-order valence-electron chi connectivity index (χ4n) is 0.967. The van der Waals surface area contributed by atoms with Gasteiger partial charge in [0, 0.05) is 12.1 Å². The fourth-order valence-corrected chi connectivity index (χ4v) is 0.967. The van der Waals surface area contributed by atoms with Gasteiger partial charge in [0.05, 0.1) is 10.7 Å². The SMILES string of the molecule is Fc1cc2c(cc1F)=NCN=2. The van der Waals surface area contributed by atoms with Gasteiger partial charge in [-0.1, -0.05) is 0 Å². The summed E-state index contributed by atoms with van der Waals surface area (Å²) in [5, 5.41) is 0.868. The first-order chi connectivity index (χ1) is 5.27. The minimum absolute atomic E-state index is 0.276. The van der Waals surface area contributed by atoms with E-state index in [1.54, 1.807) is 0 Å². The van der Waals surface area contributed by atoms with Crippen molar-refractivity contribution >= 4 is 0 Å². The van der Waals surface area contributed by atoms with Crippen molar-refractivity contribution in [3.8, 4) is 0 Å². The van der Waals surface area contributed by atoms with E-state index in [-0.39, 0.29) is 6.67 Å². The van der Waals surface area contributed by atoms with Gasteiger partial charge in [0.2, 0.25) is 0 Å². The number of hydrogen-bond donors (Lipinski definition) is 0. The van der Waals surface area contributed by atoms with Crippen molar-refractivity contribution < 1.29 is 8.78 Å². The van der Waals surface area contributed by atoms with Crippen LogP contribution in [0.5, 0.6) is 0 Å². The lowest BCUT2D eigenvalue weighted by atomic mass is 10.3. The van der Waals surface area contributed by atoms with Crippen LogP contribution in [0.3, 0.4) is 0 Å². The molecule has 2 nitrogen and oxygen atoms in total. The molecule has 0 saturated carbocycles. The molecule has 1 aromatic rings. The Labute approximate surface area is 60.9 Å². The first-order valence-electron chi connectivity index (χ1n) is 3.11. The Balaban J connectivity index is 2.88. The largest absolute Gasteiger partial charge is 0.260 e. The van der Waals surface area contributed by atoms with E-state index >= 15 is 0 Å². The van der Waals surface area contributed by atoms with Crippen LogP contribution >= 0.6 is 0 Å². The van der Waals surface area contributed by atoms with Gasteiger partial charge in [-0.2, -0.15) is 0 Å². The smallest absolute Gasteiger partial charge is 0.161 e. The van der Waals surface area contributed by atoms with E-state index in [2.05, 4.69) is 9.98 Å². The second kappa shape index (κ2) is 2.08. The Morgan fingerprint density at radius 1 is 1.00 bits per heavy atom. The molecular formula is C7H4F2N2. The zero-order chi connectivity index (χ0) is 7.84. The Morgan fingerprint density at radius 3 is 1.91 bits per heavy atom. The molecule has 56 valence electrons. The second-order valence-corrected chi connectivity index (χ2v) is 2.21. The van der Waals surface area contributed by atoms with E-state index < -0.39 is 11.6 Å². The van der Waals surface area contributed by atoms with Crippen LogP contribution < -0.4 is 10.7 Å². The molecule has 0 aromatic heterocycles. The van der Waals surface area contributed by atoms with Gasteiger partial charge in [0.1, 0.15) is 6.67 Å². The zero-order valence-electron chi connectivity index (χ0n) is 5.51. The summed E-state index contributed by atoms with van der Waals surface area (Å²) in [6.45, 7) is 0.276. The molecule has 0 spiro atoms. The Morgan fingerprint density at radius 2 is 1.45 bits per heavy atom. The van der Waals surface area contributed by atoms with Crippen molar-refractivity contribution in [2.75, 3.05) is 6.67 Å². The number of hydrogen-bond acceptors (Lipinski definition) is 2. The van der Waals surface area contributed by atoms with Gasteiger partial charge in [0.15, 0.2) is 11.6 Å². The van der Waals surface area contributed by atoms with Crippen molar-refractivity contribution in [2.45, 2.75) is 0 Å². The predicted molar refractivity (Wildman–Crippen MR) is 33.5 cm³/mol. The van der Waals surface area contributed by atoms with E-state index in [9.17, 15) is 8.78 Å². The molecule has 0 bridgehead atoms. The van der Waals surface area contributed by atoms with Crippen molar-refractivity contribution in [3.63, 3.8) is 0 Å². The third-order valence-corrected chi connectivity index (χ3v) is 1.50. The monoisotopic (exact) mass is 154 g/mol. The first kappa shape index (κ1) is 6.39. The third kappa shape index (κ3) is 0.906. The van der Waals surface area contributed by atoms with Crippen LogP contribution in [0.15, 0.2) is 22.1 Å².